The second-order valence-corrected chi connectivity index (χ2v) is 5.38. The van der Waals surface area contributed by atoms with Gasteiger partial charge in [0, 0.05) is 7.05 Å². The highest BCUT2D eigenvalue weighted by atomic mass is 32.1. The molecule has 106 valence electrons. The van der Waals surface area contributed by atoms with Crippen LogP contribution >= 0.6 is 11.3 Å². The Balaban J connectivity index is 1.83. The Hall–Kier alpha value is -1.88. The number of rotatable bonds is 5. The summed E-state index contributed by atoms with van der Waals surface area (Å²) in [6, 6.07) is 7.76. The molecule has 2 rings (SSSR count). The summed E-state index contributed by atoms with van der Waals surface area (Å²) >= 11 is 1.44. The fourth-order valence-electron chi connectivity index (χ4n) is 1.70. The number of likely N-dealkylation sites (N-methyl/N-ethyl adjacent to an activating group) is 1. The maximum Gasteiger partial charge on any atom is 0.264 e. The van der Waals surface area contributed by atoms with E-state index in [4.69, 9.17) is 4.74 Å². The van der Waals surface area contributed by atoms with E-state index in [9.17, 15) is 9.18 Å². The molecule has 0 aliphatic heterocycles. The number of benzene rings is 1. The second kappa shape index (κ2) is 6.52. The zero-order chi connectivity index (χ0) is 14.5. The average Bonchev–Trinajstić information content (AvgIpc) is 2.86. The number of nitrogens with zero attached hydrogens (tertiary/aromatic N) is 1. The number of ether oxygens (including phenoxy) is 1. The van der Waals surface area contributed by atoms with Gasteiger partial charge in [0.1, 0.15) is 18.2 Å². The number of thiophene rings is 1. The third-order valence-corrected chi connectivity index (χ3v) is 3.92. The van der Waals surface area contributed by atoms with Crippen molar-refractivity contribution in [2.45, 2.75) is 6.92 Å². The van der Waals surface area contributed by atoms with Gasteiger partial charge in [0.05, 0.1) is 11.4 Å². The summed E-state index contributed by atoms with van der Waals surface area (Å²) < 4.78 is 18.2. The average molecular weight is 293 g/mol. The first kappa shape index (κ1) is 14.5. The van der Waals surface area contributed by atoms with Crippen molar-refractivity contribution in [2.75, 3.05) is 20.2 Å². The van der Waals surface area contributed by atoms with Crippen LogP contribution < -0.4 is 4.74 Å². The van der Waals surface area contributed by atoms with Crippen LogP contribution in [0.3, 0.4) is 0 Å². The first-order valence-corrected chi connectivity index (χ1v) is 7.14. The standard InChI is InChI=1S/C15H16FNO2S/c1-11-7-10-20-14(11)15(18)17(2)8-9-19-13-5-3-12(16)4-6-13/h3-7,10H,8-9H2,1-2H3. The molecule has 0 aliphatic rings. The zero-order valence-electron chi connectivity index (χ0n) is 11.4. The van der Waals surface area contributed by atoms with E-state index < -0.39 is 0 Å². The minimum absolute atomic E-state index is 0.000191. The van der Waals surface area contributed by atoms with Crippen molar-refractivity contribution in [2.24, 2.45) is 0 Å². The lowest BCUT2D eigenvalue weighted by Crippen LogP contribution is -2.30. The van der Waals surface area contributed by atoms with Gasteiger partial charge in [-0.15, -0.1) is 11.3 Å². The van der Waals surface area contributed by atoms with E-state index >= 15 is 0 Å². The van der Waals surface area contributed by atoms with E-state index in [1.54, 1.807) is 24.1 Å². The second-order valence-electron chi connectivity index (χ2n) is 4.46. The van der Waals surface area contributed by atoms with Gasteiger partial charge in [0.15, 0.2) is 0 Å². The van der Waals surface area contributed by atoms with Crippen LogP contribution in [0.25, 0.3) is 0 Å². The molecule has 0 atom stereocenters. The van der Waals surface area contributed by atoms with Gasteiger partial charge in [0.25, 0.3) is 5.91 Å². The predicted octanol–water partition coefficient (Wildman–Crippen LogP) is 3.35. The number of halogens is 1. The third kappa shape index (κ3) is 3.57. The molecular weight excluding hydrogens is 277 g/mol. The largest absolute Gasteiger partial charge is 0.492 e. The first-order chi connectivity index (χ1) is 9.58. The molecule has 1 aromatic carbocycles. The minimum atomic E-state index is -0.294. The lowest BCUT2D eigenvalue weighted by Gasteiger charge is -2.17. The lowest BCUT2D eigenvalue weighted by molar-refractivity contribution is 0.0778. The third-order valence-electron chi connectivity index (χ3n) is 2.91. The first-order valence-electron chi connectivity index (χ1n) is 6.26. The van der Waals surface area contributed by atoms with Gasteiger partial charge in [-0.1, -0.05) is 0 Å². The normalized spacial score (nSPS) is 10.3. The van der Waals surface area contributed by atoms with Crippen LogP contribution in [0.1, 0.15) is 15.2 Å². The topological polar surface area (TPSA) is 29.5 Å². The summed E-state index contributed by atoms with van der Waals surface area (Å²) in [5, 5.41) is 1.91. The lowest BCUT2D eigenvalue weighted by atomic mass is 10.3. The summed E-state index contributed by atoms with van der Waals surface area (Å²) in [7, 11) is 1.75. The Labute approximate surface area is 121 Å². The van der Waals surface area contributed by atoms with Gasteiger partial charge in [-0.05, 0) is 48.2 Å². The van der Waals surface area contributed by atoms with Crippen LogP contribution in [0.4, 0.5) is 4.39 Å². The van der Waals surface area contributed by atoms with Gasteiger partial charge in [-0.25, -0.2) is 4.39 Å². The van der Waals surface area contributed by atoms with Gasteiger partial charge >= 0.3 is 0 Å². The van der Waals surface area contributed by atoms with E-state index in [0.29, 0.717) is 18.9 Å². The SMILES string of the molecule is Cc1ccsc1C(=O)N(C)CCOc1ccc(F)cc1. The molecule has 0 spiro atoms. The van der Waals surface area contributed by atoms with E-state index in [-0.39, 0.29) is 11.7 Å². The van der Waals surface area contributed by atoms with Crippen LogP contribution in [0.2, 0.25) is 0 Å². The van der Waals surface area contributed by atoms with Crippen molar-refractivity contribution in [3.63, 3.8) is 0 Å². The molecule has 0 unspecified atom stereocenters. The molecule has 0 fully saturated rings. The molecule has 0 N–H and O–H groups in total. The Morgan fingerprint density at radius 1 is 1.30 bits per heavy atom. The Morgan fingerprint density at radius 3 is 2.60 bits per heavy atom. The van der Waals surface area contributed by atoms with Crippen molar-refractivity contribution < 1.29 is 13.9 Å². The fraction of sp³-hybridized carbons (Fsp3) is 0.267. The summed E-state index contributed by atoms with van der Waals surface area (Å²) in [5.74, 6) is 0.303. The van der Waals surface area contributed by atoms with Gasteiger partial charge in [-0.3, -0.25) is 4.79 Å². The number of carbonyl (C=O) groups excluding carboxylic acids is 1. The Bertz CT molecular complexity index is 580. The highest BCUT2D eigenvalue weighted by Gasteiger charge is 2.15. The van der Waals surface area contributed by atoms with Crippen LogP contribution in [0.15, 0.2) is 35.7 Å². The molecule has 0 aliphatic carbocycles. The van der Waals surface area contributed by atoms with Crippen LogP contribution in [-0.4, -0.2) is 31.0 Å². The molecule has 20 heavy (non-hydrogen) atoms. The number of hydrogen-bond donors (Lipinski definition) is 0. The highest BCUT2D eigenvalue weighted by molar-refractivity contribution is 7.12. The molecule has 0 bridgehead atoms. The molecule has 0 saturated heterocycles. The summed E-state index contributed by atoms with van der Waals surface area (Å²) in [6.45, 7) is 2.78. The molecule has 0 saturated carbocycles. The van der Waals surface area contributed by atoms with E-state index in [1.807, 2.05) is 18.4 Å². The summed E-state index contributed by atoms with van der Waals surface area (Å²) in [6.07, 6.45) is 0. The van der Waals surface area contributed by atoms with Crippen molar-refractivity contribution in [1.82, 2.24) is 4.90 Å². The van der Waals surface area contributed by atoms with Crippen LogP contribution in [0.5, 0.6) is 5.75 Å². The molecule has 1 aromatic heterocycles. The van der Waals surface area contributed by atoms with Crippen LogP contribution in [0, 0.1) is 12.7 Å². The molecule has 3 nitrogen and oxygen atoms in total. The number of hydrogen-bond acceptors (Lipinski definition) is 3. The Morgan fingerprint density at radius 2 is 2.00 bits per heavy atom. The minimum Gasteiger partial charge on any atom is -0.492 e. The number of aryl methyl sites for hydroxylation is 1. The summed E-state index contributed by atoms with van der Waals surface area (Å²) in [4.78, 5) is 14.5. The maximum atomic E-state index is 12.7. The zero-order valence-corrected chi connectivity index (χ0v) is 12.2. The van der Waals surface area contributed by atoms with Crippen LogP contribution in [-0.2, 0) is 0 Å². The highest BCUT2D eigenvalue weighted by Crippen LogP contribution is 2.17. The molecule has 5 heteroatoms. The van der Waals surface area contributed by atoms with Gasteiger partial charge < -0.3 is 9.64 Å². The number of amides is 1. The fourth-order valence-corrected chi connectivity index (χ4v) is 2.62. The quantitative estimate of drug-likeness (QED) is 0.846. The van der Waals surface area contributed by atoms with Crippen molar-refractivity contribution in [3.05, 3.63) is 52.0 Å². The van der Waals surface area contributed by atoms with Crippen molar-refractivity contribution in [1.29, 1.82) is 0 Å². The number of carbonyl (C=O) groups is 1. The smallest absolute Gasteiger partial charge is 0.264 e. The van der Waals surface area contributed by atoms with Gasteiger partial charge in [0.2, 0.25) is 0 Å². The molecule has 1 heterocycles. The predicted molar refractivity (Wildman–Crippen MR) is 77.9 cm³/mol. The van der Waals surface area contributed by atoms with E-state index in [1.165, 1.54) is 23.5 Å². The van der Waals surface area contributed by atoms with Crippen molar-refractivity contribution in [3.8, 4) is 5.75 Å². The van der Waals surface area contributed by atoms with Crippen molar-refractivity contribution >= 4 is 17.2 Å². The molecule has 1 amide bonds. The Kier molecular flexibility index (Phi) is 4.74. The molecule has 2 aromatic rings. The van der Waals surface area contributed by atoms with E-state index in [0.717, 1.165) is 10.4 Å². The van der Waals surface area contributed by atoms with E-state index in [2.05, 4.69) is 0 Å². The molecular formula is C15H16FNO2S. The molecule has 0 radical (unpaired) electrons. The summed E-state index contributed by atoms with van der Waals surface area (Å²) in [5.41, 5.74) is 0.992. The maximum absolute atomic E-state index is 12.7. The van der Waals surface area contributed by atoms with Gasteiger partial charge in [-0.2, -0.15) is 0 Å². The monoisotopic (exact) mass is 293 g/mol.